The lowest BCUT2D eigenvalue weighted by molar-refractivity contribution is 0.0553. The van der Waals surface area contributed by atoms with Crippen molar-refractivity contribution in [2.75, 3.05) is 6.54 Å². The van der Waals surface area contributed by atoms with Gasteiger partial charge in [0.25, 0.3) is 0 Å². The highest BCUT2D eigenvalue weighted by Gasteiger charge is 2.36. The fourth-order valence-corrected chi connectivity index (χ4v) is 4.72. The van der Waals surface area contributed by atoms with Gasteiger partial charge < -0.3 is 10.1 Å². The third kappa shape index (κ3) is 2.78. The predicted octanol–water partition coefficient (Wildman–Crippen LogP) is 4.01. The van der Waals surface area contributed by atoms with Crippen LogP contribution in [-0.4, -0.2) is 17.6 Å². The molecule has 0 radical (unpaired) electrons. The largest absolute Gasteiger partial charge is 0.368 e. The molecule has 2 heterocycles. The summed E-state index contributed by atoms with van der Waals surface area (Å²) >= 11 is 1.88. The van der Waals surface area contributed by atoms with Crippen molar-refractivity contribution in [2.45, 2.75) is 71.6 Å². The highest BCUT2D eigenvalue weighted by molar-refractivity contribution is 7.11. The number of nitrogens with one attached hydrogen (secondary N) is 1. The fourth-order valence-electron chi connectivity index (χ4n) is 3.49. The van der Waals surface area contributed by atoms with Crippen LogP contribution in [0.1, 0.15) is 74.7 Å². The average Bonchev–Trinajstić information content (AvgIpc) is 2.94. The molecule has 1 fully saturated rings. The van der Waals surface area contributed by atoms with E-state index in [2.05, 4.69) is 33.0 Å². The van der Waals surface area contributed by atoms with E-state index in [0.29, 0.717) is 17.6 Å². The van der Waals surface area contributed by atoms with Gasteiger partial charge in [-0.2, -0.15) is 0 Å². The minimum Gasteiger partial charge on any atom is -0.368 e. The van der Waals surface area contributed by atoms with Gasteiger partial charge in [-0.25, -0.2) is 4.98 Å². The monoisotopic (exact) mass is 294 g/mol. The van der Waals surface area contributed by atoms with E-state index in [1.807, 2.05) is 11.3 Å². The highest BCUT2D eigenvalue weighted by Crippen LogP contribution is 2.45. The molecule has 0 aromatic carbocycles. The molecular formula is C16H26N2OS. The molecule has 20 heavy (non-hydrogen) atoms. The molecule has 1 aromatic rings. The van der Waals surface area contributed by atoms with Gasteiger partial charge in [-0.1, -0.05) is 20.8 Å². The summed E-state index contributed by atoms with van der Waals surface area (Å²) in [5.41, 5.74) is 1.66. The van der Waals surface area contributed by atoms with Gasteiger partial charge in [-0.15, -0.1) is 11.3 Å². The first kappa shape index (κ1) is 14.5. The molecule has 2 aliphatic rings. The number of hydrogen-bond acceptors (Lipinski definition) is 4. The van der Waals surface area contributed by atoms with Crippen molar-refractivity contribution in [1.29, 1.82) is 0 Å². The van der Waals surface area contributed by atoms with Gasteiger partial charge in [0.05, 0.1) is 11.8 Å². The first-order valence-electron chi connectivity index (χ1n) is 7.87. The zero-order chi connectivity index (χ0) is 14.3. The Bertz CT molecular complexity index is 483. The summed E-state index contributed by atoms with van der Waals surface area (Å²) in [5.74, 6) is 0. The summed E-state index contributed by atoms with van der Waals surface area (Å²) in [4.78, 5) is 6.41. The Morgan fingerprint density at radius 2 is 2.20 bits per heavy atom. The third-order valence-electron chi connectivity index (χ3n) is 4.42. The SMILES string of the molecule is CCNC1CC(C)(C)Cc2nc(C3CCC(C)O3)sc21. The number of rotatable bonds is 3. The van der Waals surface area contributed by atoms with Crippen LogP contribution in [0.15, 0.2) is 0 Å². The second kappa shape index (κ2) is 5.39. The lowest BCUT2D eigenvalue weighted by Crippen LogP contribution is -2.32. The molecule has 0 amide bonds. The first-order chi connectivity index (χ1) is 9.48. The molecule has 1 aliphatic carbocycles. The Morgan fingerprint density at radius 1 is 1.40 bits per heavy atom. The molecule has 1 aliphatic heterocycles. The zero-order valence-corrected chi connectivity index (χ0v) is 13.8. The molecule has 0 bridgehead atoms. The molecule has 1 saturated heterocycles. The Balaban J connectivity index is 1.88. The third-order valence-corrected chi connectivity index (χ3v) is 5.72. The normalized spacial score (nSPS) is 32.3. The highest BCUT2D eigenvalue weighted by atomic mass is 32.1. The molecule has 3 atom stereocenters. The molecule has 1 aromatic heterocycles. The van der Waals surface area contributed by atoms with E-state index >= 15 is 0 Å². The van der Waals surface area contributed by atoms with E-state index in [1.54, 1.807) is 0 Å². The number of fused-ring (bicyclic) bond motifs is 1. The Hall–Kier alpha value is -0.450. The van der Waals surface area contributed by atoms with Gasteiger partial charge in [0, 0.05) is 10.9 Å². The molecule has 4 heteroatoms. The maximum atomic E-state index is 6.00. The summed E-state index contributed by atoms with van der Waals surface area (Å²) < 4.78 is 6.00. The van der Waals surface area contributed by atoms with Crippen molar-refractivity contribution < 1.29 is 4.74 Å². The van der Waals surface area contributed by atoms with Crippen LogP contribution >= 0.6 is 11.3 Å². The van der Waals surface area contributed by atoms with E-state index in [9.17, 15) is 0 Å². The number of ether oxygens (including phenoxy) is 1. The Morgan fingerprint density at radius 3 is 2.85 bits per heavy atom. The van der Waals surface area contributed by atoms with E-state index in [1.165, 1.54) is 22.0 Å². The van der Waals surface area contributed by atoms with Crippen molar-refractivity contribution in [1.82, 2.24) is 10.3 Å². The summed E-state index contributed by atoms with van der Waals surface area (Å²) in [6.07, 6.45) is 5.23. The number of aromatic nitrogens is 1. The smallest absolute Gasteiger partial charge is 0.122 e. The van der Waals surface area contributed by atoms with Crippen molar-refractivity contribution in [3.63, 3.8) is 0 Å². The van der Waals surface area contributed by atoms with Crippen LogP contribution in [0, 0.1) is 5.41 Å². The summed E-state index contributed by atoms with van der Waals surface area (Å²) in [5, 5.41) is 4.85. The standard InChI is InChI=1S/C16H26N2OS/c1-5-17-11-8-16(3,4)9-12-14(11)20-15(18-12)13-7-6-10(2)19-13/h10-11,13,17H,5-9H2,1-4H3. The first-order valence-corrected chi connectivity index (χ1v) is 8.68. The predicted molar refractivity (Wildman–Crippen MR) is 83.2 cm³/mol. The van der Waals surface area contributed by atoms with Crippen molar-refractivity contribution >= 4 is 11.3 Å². The van der Waals surface area contributed by atoms with Crippen LogP contribution in [0.4, 0.5) is 0 Å². The van der Waals surface area contributed by atoms with Gasteiger partial charge in [0.2, 0.25) is 0 Å². The molecule has 112 valence electrons. The maximum Gasteiger partial charge on any atom is 0.122 e. The lowest BCUT2D eigenvalue weighted by atomic mass is 9.76. The van der Waals surface area contributed by atoms with Gasteiger partial charge in [0.1, 0.15) is 11.1 Å². The summed E-state index contributed by atoms with van der Waals surface area (Å²) in [7, 11) is 0. The average molecular weight is 294 g/mol. The second-order valence-corrected chi connectivity index (χ2v) is 8.09. The van der Waals surface area contributed by atoms with Crippen LogP contribution in [0.5, 0.6) is 0 Å². The number of hydrogen-bond donors (Lipinski definition) is 1. The maximum absolute atomic E-state index is 6.00. The van der Waals surface area contributed by atoms with E-state index in [-0.39, 0.29) is 6.10 Å². The zero-order valence-electron chi connectivity index (χ0n) is 13.0. The molecule has 3 nitrogen and oxygen atoms in total. The molecule has 1 N–H and O–H groups in total. The molecular weight excluding hydrogens is 268 g/mol. The second-order valence-electron chi connectivity index (χ2n) is 7.03. The van der Waals surface area contributed by atoms with Gasteiger partial charge in [-0.3, -0.25) is 0 Å². The van der Waals surface area contributed by atoms with E-state index in [0.717, 1.165) is 25.8 Å². The van der Waals surface area contributed by atoms with Gasteiger partial charge in [-0.05, 0) is 44.6 Å². The van der Waals surface area contributed by atoms with Crippen LogP contribution in [0.2, 0.25) is 0 Å². The van der Waals surface area contributed by atoms with Gasteiger partial charge >= 0.3 is 0 Å². The topological polar surface area (TPSA) is 34.2 Å². The van der Waals surface area contributed by atoms with Crippen LogP contribution in [-0.2, 0) is 11.2 Å². The van der Waals surface area contributed by atoms with Crippen molar-refractivity contribution in [3.8, 4) is 0 Å². The van der Waals surface area contributed by atoms with Crippen LogP contribution in [0.3, 0.4) is 0 Å². The van der Waals surface area contributed by atoms with Crippen molar-refractivity contribution in [2.24, 2.45) is 5.41 Å². The van der Waals surface area contributed by atoms with E-state index < -0.39 is 0 Å². The lowest BCUT2D eigenvalue weighted by Gasteiger charge is -2.34. The van der Waals surface area contributed by atoms with Crippen LogP contribution < -0.4 is 5.32 Å². The van der Waals surface area contributed by atoms with E-state index in [4.69, 9.17) is 9.72 Å². The van der Waals surface area contributed by atoms with Crippen molar-refractivity contribution in [3.05, 3.63) is 15.6 Å². The summed E-state index contributed by atoms with van der Waals surface area (Å²) in [6.45, 7) is 10.1. The fraction of sp³-hybridized carbons (Fsp3) is 0.812. The number of nitrogens with zero attached hydrogens (tertiary/aromatic N) is 1. The molecule has 0 spiro atoms. The molecule has 0 saturated carbocycles. The molecule has 3 unspecified atom stereocenters. The molecule has 3 rings (SSSR count). The quantitative estimate of drug-likeness (QED) is 0.914. The number of thiazole rings is 1. The Kier molecular flexibility index (Phi) is 3.91. The van der Waals surface area contributed by atoms with Crippen LogP contribution in [0.25, 0.3) is 0 Å². The van der Waals surface area contributed by atoms with Gasteiger partial charge in [0.15, 0.2) is 0 Å². The minimum absolute atomic E-state index is 0.242. The minimum atomic E-state index is 0.242. The summed E-state index contributed by atoms with van der Waals surface area (Å²) in [6, 6.07) is 0.476. The Labute approximate surface area is 126 Å².